The molecule has 2 unspecified atom stereocenters. The summed E-state index contributed by atoms with van der Waals surface area (Å²) in [4.78, 5) is 34.7. The number of nitrogens with two attached hydrogens (primary N) is 1. The number of phosphoric ester groups is 1. The molecule has 51 heavy (non-hydrogen) atoms. The molecule has 0 aliphatic heterocycles. The largest absolute Gasteiger partial charge is 0.472 e. The van der Waals surface area contributed by atoms with E-state index >= 15 is 0 Å². The minimum absolute atomic E-state index is 0.0370. The lowest BCUT2D eigenvalue weighted by molar-refractivity contribution is -0.161. The number of hydrogen-bond acceptors (Lipinski definition) is 8. The molecule has 0 radical (unpaired) electrons. The summed E-state index contributed by atoms with van der Waals surface area (Å²) in [6.07, 6.45) is 42.8. The average molecular weight is 738 g/mol. The summed E-state index contributed by atoms with van der Waals surface area (Å²) in [5.74, 6) is -0.974. The molecule has 0 aromatic heterocycles. The van der Waals surface area contributed by atoms with Crippen LogP contribution in [0.4, 0.5) is 0 Å². The quantitative estimate of drug-likeness (QED) is 0.0279. The van der Waals surface area contributed by atoms with E-state index in [2.05, 4.69) is 56.4 Å². The summed E-state index contributed by atoms with van der Waals surface area (Å²) < 4.78 is 32.5. The minimum atomic E-state index is -4.40. The van der Waals surface area contributed by atoms with Gasteiger partial charge in [-0.3, -0.25) is 18.6 Å². The van der Waals surface area contributed by atoms with Gasteiger partial charge < -0.3 is 20.1 Å². The van der Waals surface area contributed by atoms with Crippen LogP contribution in [0.5, 0.6) is 0 Å². The maximum absolute atomic E-state index is 12.5. The molecular formula is C41H72NO8P. The van der Waals surface area contributed by atoms with Gasteiger partial charge in [0.05, 0.1) is 13.2 Å². The van der Waals surface area contributed by atoms with Gasteiger partial charge in [0.15, 0.2) is 6.10 Å². The molecule has 10 heteroatoms. The van der Waals surface area contributed by atoms with Crippen molar-refractivity contribution in [2.24, 2.45) is 5.73 Å². The maximum atomic E-state index is 12.5. The first-order chi connectivity index (χ1) is 24.8. The van der Waals surface area contributed by atoms with Gasteiger partial charge in [-0.25, -0.2) is 4.57 Å². The molecule has 0 bridgehead atoms. The molecule has 0 aliphatic carbocycles. The Morgan fingerprint density at radius 3 is 1.59 bits per heavy atom. The highest BCUT2D eigenvalue weighted by Crippen LogP contribution is 2.43. The lowest BCUT2D eigenvalue weighted by atomic mass is 10.1. The van der Waals surface area contributed by atoms with Crippen LogP contribution < -0.4 is 5.73 Å². The Kier molecular flexibility index (Phi) is 35.8. The number of hydrogen-bond donors (Lipinski definition) is 2. The molecule has 0 saturated carbocycles. The van der Waals surface area contributed by atoms with Crippen molar-refractivity contribution in [3.8, 4) is 0 Å². The molecule has 0 aliphatic rings. The third-order valence-electron chi connectivity index (χ3n) is 7.89. The summed E-state index contributed by atoms with van der Waals surface area (Å²) in [6, 6.07) is 0. The van der Waals surface area contributed by atoms with Gasteiger partial charge in [0.1, 0.15) is 6.61 Å². The molecule has 2 atom stereocenters. The van der Waals surface area contributed by atoms with Crippen molar-refractivity contribution in [1.29, 1.82) is 0 Å². The van der Waals surface area contributed by atoms with Crippen molar-refractivity contribution in [3.63, 3.8) is 0 Å². The number of allylic oxidation sites excluding steroid dienone is 10. The zero-order chi connectivity index (χ0) is 37.5. The second-order valence-corrected chi connectivity index (χ2v) is 14.2. The lowest BCUT2D eigenvalue weighted by Crippen LogP contribution is -2.29. The SMILES string of the molecule is CCCCCCCC/C=C/C/C=C/C/C=C/CCCC(=O)OCC(COP(=O)(O)OCCN)OC(=O)CC/C=C/C/C=C/CCCCCCCC. The molecule has 0 saturated heterocycles. The van der Waals surface area contributed by atoms with Crippen molar-refractivity contribution in [2.75, 3.05) is 26.4 Å². The van der Waals surface area contributed by atoms with Crippen LogP contribution in [-0.2, 0) is 32.7 Å². The number of esters is 2. The third kappa shape index (κ3) is 37.3. The van der Waals surface area contributed by atoms with Gasteiger partial charge in [0.2, 0.25) is 0 Å². The minimum Gasteiger partial charge on any atom is -0.462 e. The fourth-order valence-corrected chi connectivity index (χ4v) is 5.70. The fourth-order valence-electron chi connectivity index (χ4n) is 4.94. The molecule has 294 valence electrons. The lowest BCUT2D eigenvalue weighted by Gasteiger charge is -2.19. The highest BCUT2D eigenvalue weighted by Gasteiger charge is 2.25. The van der Waals surface area contributed by atoms with Crippen LogP contribution in [0.3, 0.4) is 0 Å². The van der Waals surface area contributed by atoms with Crippen LogP contribution in [0.15, 0.2) is 60.8 Å². The van der Waals surface area contributed by atoms with Crippen molar-refractivity contribution in [3.05, 3.63) is 60.8 Å². The molecule has 0 aromatic carbocycles. The summed E-state index contributed by atoms with van der Waals surface area (Å²) in [7, 11) is -4.40. The molecule has 9 nitrogen and oxygen atoms in total. The first-order valence-electron chi connectivity index (χ1n) is 19.8. The van der Waals surface area contributed by atoms with Crippen LogP contribution in [0.1, 0.15) is 155 Å². The molecule has 0 spiro atoms. The monoisotopic (exact) mass is 737 g/mol. The van der Waals surface area contributed by atoms with Gasteiger partial charge >= 0.3 is 19.8 Å². The number of rotatable bonds is 36. The average Bonchev–Trinajstić information content (AvgIpc) is 3.11. The summed E-state index contributed by atoms with van der Waals surface area (Å²) >= 11 is 0. The Hall–Kier alpha value is -2.29. The predicted molar refractivity (Wildman–Crippen MR) is 210 cm³/mol. The third-order valence-corrected chi connectivity index (χ3v) is 8.87. The van der Waals surface area contributed by atoms with Gasteiger partial charge in [-0.15, -0.1) is 0 Å². The number of ether oxygens (including phenoxy) is 2. The second kappa shape index (κ2) is 37.5. The van der Waals surface area contributed by atoms with E-state index in [1.54, 1.807) is 0 Å². The molecule has 3 N–H and O–H groups in total. The highest BCUT2D eigenvalue weighted by atomic mass is 31.2. The van der Waals surface area contributed by atoms with Gasteiger partial charge in [0.25, 0.3) is 0 Å². The molecule has 0 amide bonds. The molecule has 0 aromatic rings. The van der Waals surface area contributed by atoms with Crippen LogP contribution >= 0.6 is 7.82 Å². The predicted octanol–water partition coefficient (Wildman–Crippen LogP) is 10.9. The Balaban J connectivity index is 4.37. The summed E-state index contributed by atoms with van der Waals surface area (Å²) in [6.45, 7) is 3.57. The van der Waals surface area contributed by atoms with E-state index in [-0.39, 0.29) is 32.6 Å². The van der Waals surface area contributed by atoms with Gasteiger partial charge in [-0.05, 0) is 64.2 Å². The van der Waals surface area contributed by atoms with Gasteiger partial charge in [0, 0.05) is 19.4 Å². The topological polar surface area (TPSA) is 134 Å². The van der Waals surface area contributed by atoms with E-state index in [9.17, 15) is 19.0 Å². The van der Waals surface area contributed by atoms with Gasteiger partial charge in [-0.1, -0.05) is 139 Å². The Morgan fingerprint density at radius 2 is 1.06 bits per heavy atom. The van der Waals surface area contributed by atoms with E-state index in [0.717, 1.165) is 38.5 Å². The standard InChI is InChI=1S/C41H72NO8P/c1-3-5-7-9-11-13-15-17-18-19-20-22-23-25-27-29-31-33-40(43)47-37-39(38-49-51(45,46)48-36-35-42)50-41(44)34-32-30-28-26-24-21-16-14-12-10-8-6-4-2/h17-18,20-22,24-25,27-28,30,39H,3-16,19,23,26,29,31-38,42H2,1-2H3,(H,45,46)/b18-17+,22-20+,24-21+,27-25+,30-28+. The number of phosphoric acid groups is 1. The normalized spacial score (nSPS) is 14.0. The van der Waals surface area contributed by atoms with Crippen molar-refractivity contribution < 1.29 is 37.6 Å². The maximum Gasteiger partial charge on any atom is 0.472 e. The van der Waals surface area contributed by atoms with E-state index in [0.29, 0.717) is 12.8 Å². The van der Waals surface area contributed by atoms with Crippen LogP contribution in [0.25, 0.3) is 0 Å². The first kappa shape index (κ1) is 48.7. The molecule has 0 rings (SSSR count). The number of unbranched alkanes of at least 4 members (excludes halogenated alkanes) is 13. The molecular weight excluding hydrogens is 665 g/mol. The zero-order valence-corrected chi connectivity index (χ0v) is 33.0. The van der Waals surface area contributed by atoms with Crippen LogP contribution in [0, 0.1) is 0 Å². The highest BCUT2D eigenvalue weighted by molar-refractivity contribution is 7.47. The van der Waals surface area contributed by atoms with Crippen LogP contribution in [0.2, 0.25) is 0 Å². The second-order valence-electron chi connectivity index (χ2n) is 12.8. The smallest absolute Gasteiger partial charge is 0.462 e. The molecule has 0 fully saturated rings. The number of carbonyl (C=O) groups excluding carboxylic acids is 2. The Labute approximate surface area is 310 Å². The van der Waals surface area contributed by atoms with Crippen molar-refractivity contribution in [2.45, 2.75) is 161 Å². The first-order valence-corrected chi connectivity index (χ1v) is 21.3. The summed E-state index contributed by atoms with van der Waals surface area (Å²) in [5.41, 5.74) is 5.32. The van der Waals surface area contributed by atoms with Crippen molar-refractivity contribution in [1.82, 2.24) is 0 Å². The zero-order valence-electron chi connectivity index (χ0n) is 32.1. The van der Waals surface area contributed by atoms with E-state index in [1.807, 2.05) is 18.2 Å². The van der Waals surface area contributed by atoms with Crippen LogP contribution in [-0.4, -0.2) is 49.3 Å². The number of carbonyl (C=O) groups is 2. The van der Waals surface area contributed by atoms with E-state index in [1.165, 1.54) is 77.0 Å². The van der Waals surface area contributed by atoms with E-state index < -0.39 is 32.5 Å². The fraction of sp³-hybridized carbons (Fsp3) is 0.707. The van der Waals surface area contributed by atoms with Gasteiger partial charge in [-0.2, -0.15) is 0 Å². The Bertz CT molecular complexity index is 1020. The van der Waals surface area contributed by atoms with Crippen molar-refractivity contribution >= 4 is 19.8 Å². The van der Waals surface area contributed by atoms with E-state index in [4.69, 9.17) is 24.3 Å². The summed E-state index contributed by atoms with van der Waals surface area (Å²) in [5, 5.41) is 0. The molecule has 0 heterocycles. The Morgan fingerprint density at radius 1 is 0.588 bits per heavy atom.